The highest BCUT2D eigenvalue weighted by Crippen LogP contribution is 2.22. The predicted molar refractivity (Wildman–Crippen MR) is 65.7 cm³/mol. The Hall–Kier alpha value is -1.90. The molecule has 0 fully saturated rings. The van der Waals surface area contributed by atoms with E-state index in [-0.39, 0.29) is 0 Å². The van der Waals surface area contributed by atoms with Crippen molar-refractivity contribution in [2.75, 3.05) is 4.90 Å². The molecule has 0 aliphatic carbocycles. The molecule has 16 heavy (non-hydrogen) atoms. The third-order valence-electron chi connectivity index (χ3n) is 2.31. The second kappa shape index (κ2) is 4.75. The van der Waals surface area contributed by atoms with Crippen LogP contribution in [-0.4, -0.2) is 16.0 Å². The number of hydrogen-bond donors (Lipinski definition) is 0. The molecule has 0 atom stereocenters. The molecular weight excluding hydrogens is 198 g/mol. The highest BCUT2D eigenvalue weighted by molar-refractivity contribution is 5.56. The van der Waals surface area contributed by atoms with E-state index in [1.165, 1.54) is 0 Å². The highest BCUT2D eigenvalue weighted by atomic mass is 15.2. The van der Waals surface area contributed by atoms with Crippen LogP contribution in [0.2, 0.25) is 0 Å². The van der Waals surface area contributed by atoms with Gasteiger partial charge in [-0.25, -0.2) is 9.97 Å². The average Bonchev–Trinajstić information content (AvgIpc) is 2.31. The summed E-state index contributed by atoms with van der Waals surface area (Å²) in [5.41, 5.74) is 0. The third-order valence-corrected chi connectivity index (χ3v) is 2.31. The van der Waals surface area contributed by atoms with Crippen molar-refractivity contribution in [3.63, 3.8) is 0 Å². The lowest BCUT2D eigenvalue weighted by Crippen LogP contribution is -2.26. The fourth-order valence-corrected chi connectivity index (χ4v) is 1.64. The van der Waals surface area contributed by atoms with Crippen molar-refractivity contribution in [2.45, 2.75) is 19.9 Å². The van der Waals surface area contributed by atoms with Gasteiger partial charge in [-0.15, -0.1) is 0 Å². The van der Waals surface area contributed by atoms with Crippen molar-refractivity contribution in [3.8, 4) is 0 Å². The first kappa shape index (κ1) is 10.6. The standard InChI is InChI=1S/C13H15N3/c1-11(2)16(12-7-3-5-9-14-12)13-8-4-6-10-15-13/h3-11H,1-2H3. The van der Waals surface area contributed by atoms with Crippen LogP contribution in [0.3, 0.4) is 0 Å². The minimum atomic E-state index is 0.324. The number of nitrogens with zero attached hydrogens (tertiary/aromatic N) is 3. The summed E-state index contributed by atoms with van der Waals surface area (Å²) < 4.78 is 0. The van der Waals surface area contributed by atoms with E-state index in [9.17, 15) is 0 Å². The molecule has 0 amide bonds. The predicted octanol–water partition coefficient (Wildman–Crippen LogP) is 3.02. The Morgan fingerprint density at radius 1 is 0.875 bits per heavy atom. The van der Waals surface area contributed by atoms with Crippen LogP contribution in [0.15, 0.2) is 48.8 Å². The van der Waals surface area contributed by atoms with Crippen LogP contribution in [0.4, 0.5) is 11.6 Å². The number of aromatic nitrogens is 2. The maximum absolute atomic E-state index is 4.36. The van der Waals surface area contributed by atoms with Crippen LogP contribution in [0.25, 0.3) is 0 Å². The fraction of sp³-hybridized carbons (Fsp3) is 0.231. The molecule has 0 unspecified atom stereocenters. The van der Waals surface area contributed by atoms with Gasteiger partial charge in [0, 0.05) is 18.4 Å². The molecule has 0 aliphatic rings. The first-order chi connectivity index (χ1) is 7.79. The molecule has 0 aromatic carbocycles. The quantitative estimate of drug-likeness (QED) is 0.784. The number of anilines is 2. The fourth-order valence-electron chi connectivity index (χ4n) is 1.64. The zero-order valence-electron chi connectivity index (χ0n) is 9.54. The topological polar surface area (TPSA) is 29.0 Å². The van der Waals surface area contributed by atoms with Gasteiger partial charge in [0.25, 0.3) is 0 Å². The van der Waals surface area contributed by atoms with Gasteiger partial charge in [-0.05, 0) is 38.1 Å². The van der Waals surface area contributed by atoms with Gasteiger partial charge in [-0.1, -0.05) is 12.1 Å². The minimum Gasteiger partial charge on any atom is -0.308 e. The average molecular weight is 213 g/mol. The Morgan fingerprint density at radius 2 is 1.38 bits per heavy atom. The Kier molecular flexibility index (Phi) is 3.15. The van der Waals surface area contributed by atoms with E-state index in [2.05, 4.69) is 28.7 Å². The van der Waals surface area contributed by atoms with Crippen molar-refractivity contribution in [3.05, 3.63) is 48.8 Å². The lowest BCUT2D eigenvalue weighted by molar-refractivity contribution is 0.766. The third kappa shape index (κ3) is 2.19. The lowest BCUT2D eigenvalue weighted by Gasteiger charge is -2.26. The molecule has 2 aromatic heterocycles. The Morgan fingerprint density at radius 3 is 1.69 bits per heavy atom. The van der Waals surface area contributed by atoms with E-state index in [1.54, 1.807) is 12.4 Å². The van der Waals surface area contributed by atoms with E-state index in [4.69, 9.17) is 0 Å². The van der Waals surface area contributed by atoms with Crippen LogP contribution in [-0.2, 0) is 0 Å². The minimum absolute atomic E-state index is 0.324. The Balaban J connectivity index is 2.40. The van der Waals surface area contributed by atoms with Crippen molar-refractivity contribution in [2.24, 2.45) is 0 Å². The first-order valence-electron chi connectivity index (χ1n) is 5.40. The highest BCUT2D eigenvalue weighted by Gasteiger charge is 2.14. The van der Waals surface area contributed by atoms with E-state index in [0.717, 1.165) is 11.6 Å². The molecule has 0 N–H and O–H groups in total. The maximum atomic E-state index is 4.36. The molecule has 0 saturated heterocycles. The van der Waals surface area contributed by atoms with E-state index in [1.807, 2.05) is 36.4 Å². The normalized spacial score (nSPS) is 10.4. The van der Waals surface area contributed by atoms with Gasteiger partial charge >= 0.3 is 0 Å². The molecule has 0 aliphatic heterocycles. The molecular formula is C13H15N3. The second-order valence-electron chi connectivity index (χ2n) is 3.84. The van der Waals surface area contributed by atoms with E-state index >= 15 is 0 Å². The van der Waals surface area contributed by atoms with Crippen LogP contribution >= 0.6 is 0 Å². The van der Waals surface area contributed by atoms with Crippen molar-refractivity contribution < 1.29 is 0 Å². The summed E-state index contributed by atoms with van der Waals surface area (Å²) in [5, 5.41) is 0. The molecule has 0 spiro atoms. The van der Waals surface area contributed by atoms with Gasteiger partial charge in [-0.2, -0.15) is 0 Å². The summed E-state index contributed by atoms with van der Waals surface area (Å²) >= 11 is 0. The zero-order valence-corrected chi connectivity index (χ0v) is 9.54. The van der Waals surface area contributed by atoms with Crippen molar-refractivity contribution in [1.29, 1.82) is 0 Å². The molecule has 3 nitrogen and oxygen atoms in total. The SMILES string of the molecule is CC(C)N(c1ccccn1)c1ccccn1. The van der Waals surface area contributed by atoms with E-state index < -0.39 is 0 Å². The van der Waals surface area contributed by atoms with Crippen LogP contribution in [0, 0.1) is 0 Å². The Bertz CT molecular complexity index is 386. The molecule has 0 radical (unpaired) electrons. The van der Waals surface area contributed by atoms with Crippen molar-refractivity contribution >= 4 is 11.6 Å². The summed E-state index contributed by atoms with van der Waals surface area (Å²) in [6, 6.07) is 12.1. The molecule has 2 rings (SSSR count). The van der Waals surface area contributed by atoms with Gasteiger partial charge in [0.15, 0.2) is 0 Å². The largest absolute Gasteiger partial charge is 0.308 e. The first-order valence-corrected chi connectivity index (χ1v) is 5.40. The summed E-state index contributed by atoms with van der Waals surface area (Å²) in [4.78, 5) is 10.8. The van der Waals surface area contributed by atoms with Gasteiger partial charge in [0.05, 0.1) is 0 Å². The number of pyridine rings is 2. The molecule has 0 saturated carbocycles. The van der Waals surface area contributed by atoms with Crippen LogP contribution < -0.4 is 4.90 Å². The smallest absolute Gasteiger partial charge is 0.134 e. The molecule has 82 valence electrons. The summed E-state index contributed by atoms with van der Waals surface area (Å²) in [7, 11) is 0. The lowest BCUT2D eigenvalue weighted by atomic mass is 10.3. The Labute approximate surface area is 95.8 Å². The van der Waals surface area contributed by atoms with Crippen LogP contribution in [0.5, 0.6) is 0 Å². The van der Waals surface area contributed by atoms with Crippen molar-refractivity contribution in [1.82, 2.24) is 9.97 Å². The molecule has 2 aromatic rings. The van der Waals surface area contributed by atoms with Gasteiger partial charge in [-0.3, -0.25) is 0 Å². The van der Waals surface area contributed by atoms with Crippen LogP contribution in [0.1, 0.15) is 13.8 Å². The zero-order chi connectivity index (χ0) is 11.4. The summed E-state index contributed by atoms with van der Waals surface area (Å²) in [6.07, 6.45) is 3.60. The maximum Gasteiger partial charge on any atom is 0.134 e. The summed E-state index contributed by atoms with van der Waals surface area (Å²) in [6.45, 7) is 4.26. The second-order valence-corrected chi connectivity index (χ2v) is 3.84. The summed E-state index contributed by atoms with van der Waals surface area (Å²) in [5.74, 6) is 1.85. The molecule has 2 heterocycles. The van der Waals surface area contributed by atoms with Gasteiger partial charge < -0.3 is 4.90 Å². The van der Waals surface area contributed by atoms with Gasteiger partial charge in [0.2, 0.25) is 0 Å². The monoisotopic (exact) mass is 213 g/mol. The molecule has 3 heteroatoms. The number of rotatable bonds is 3. The number of hydrogen-bond acceptors (Lipinski definition) is 3. The van der Waals surface area contributed by atoms with Gasteiger partial charge in [0.1, 0.15) is 11.6 Å². The molecule has 0 bridgehead atoms. The van der Waals surface area contributed by atoms with E-state index in [0.29, 0.717) is 6.04 Å².